The summed E-state index contributed by atoms with van der Waals surface area (Å²) in [6.07, 6.45) is 7.00. The van der Waals surface area contributed by atoms with Crippen LogP contribution in [0.5, 0.6) is 0 Å². The number of ether oxygens (including phenoxy) is 1. The molecule has 0 spiro atoms. The molecule has 6 rings (SSSR count). The minimum atomic E-state index is -0.651. The van der Waals surface area contributed by atoms with Crippen molar-refractivity contribution in [1.82, 2.24) is 29.4 Å². The Morgan fingerprint density at radius 2 is 1.90 bits per heavy atom. The third kappa shape index (κ3) is 7.82. The first kappa shape index (κ1) is 33.8. The normalized spacial score (nSPS) is 15.1. The van der Waals surface area contributed by atoms with E-state index in [0.717, 1.165) is 35.1 Å². The van der Waals surface area contributed by atoms with Gasteiger partial charge in [-0.2, -0.15) is 0 Å². The fourth-order valence-electron chi connectivity index (χ4n) is 5.81. The summed E-state index contributed by atoms with van der Waals surface area (Å²) >= 11 is 6.66. The lowest BCUT2D eigenvalue weighted by Crippen LogP contribution is -2.27. The number of hydrogen-bond acceptors (Lipinski definition) is 10. The molecular weight excluding hydrogens is 642 g/mol. The Balaban J connectivity index is 1.20. The van der Waals surface area contributed by atoms with Crippen LogP contribution in [0, 0.1) is 6.92 Å². The molecule has 49 heavy (non-hydrogen) atoms. The SMILES string of the molecule is Cc1nc(N2CC[C@@H](Nc3ncc(Cl)c(-c4cn(C(=O)OC(C)(C)C)c5ccccc45)n3)C2)c2ccc(NC(=O)/C=C/CN(C)C)cc2n1. The van der Waals surface area contributed by atoms with Crippen molar-refractivity contribution in [1.29, 1.82) is 0 Å². The van der Waals surface area contributed by atoms with Crippen LogP contribution in [0.1, 0.15) is 33.0 Å². The maximum Gasteiger partial charge on any atom is 0.419 e. The van der Waals surface area contributed by atoms with E-state index < -0.39 is 11.7 Å². The number of anilines is 3. The highest BCUT2D eigenvalue weighted by Crippen LogP contribution is 2.35. The standard InChI is InChI=1S/C36H40ClN9O3/c1-22-39-29-18-23(41-31(47)12-9-16-44(5)6)13-14-26(29)33(40-22)45-17-15-24(20-45)42-34-38-19-28(37)32(43-34)27-21-46(35(48)49-36(2,3)4)30-11-8-7-10-25(27)30/h7-14,18-19,21,24H,15-17,20H2,1-6H3,(H,41,47)(H,38,42,43)/b12-9+/t24-/m1/s1. The van der Waals surface area contributed by atoms with E-state index in [4.69, 9.17) is 26.3 Å². The number of amides is 1. The fourth-order valence-corrected chi connectivity index (χ4v) is 6.00. The first-order valence-corrected chi connectivity index (χ1v) is 16.5. The molecule has 13 heteroatoms. The van der Waals surface area contributed by atoms with Crippen molar-refractivity contribution in [3.8, 4) is 11.3 Å². The predicted molar refractivity (Wildman–Crippen MR) is 194 cm³/mol. The molecule has 3 aromatic heterocycles. The second-order valence-corrected chi connectivity index (χ2v) is 13.8. The average Bonchev–Trinajstić information content (AvgIpc) is 3.65. The van der Waals surface area contributed by atoms with Gasteiger partial charge in [-0.05, 0) is 72.5 Å². The molecule has 1 fully saturated rings. The molecule has 0 radical (unpaired) electrons. The van der Waals surface area contributed by atoms with Crippen molar-refractivity contribution in [3.63, 3.8) is 0 Å². The number of carbonyl (C=O) groups excluding carboxylic acids is 2. The van der Waals surface area contributed by atoms with Gasteiger partial charge in [-0.3, -0.25) is 9.36 Å². The van der Waals surface area contributed by atoms with Crippen molar-refractivity contribution in [2.75, 3.05) is 49.3 Å². The van der Waals surface area contributed by atoms with E-state index in [2.05, 4.69) is 25.5 Å². The topological polar surface area (TPSA) is 130 Å². The van der Waals surface area contributed by atoms with Gasteiger partial charge in [0.1, 0.15) is 17.2 Å². The summed E-state index contributed by atoms with van der Waals surface area (Å²) in [6, 6.07) is 13.3. The Hall–Kier alpha value is -5.07. The molecule has 1 aliphatic heterocycles. The van der Waals surface area contributed by atoms with Crippen molar-refractivity contribution in [2.45, 2.75) is 45.8 Å². The van der Waals surface area contributed by atoms with Crippen molar-refractivity contribution >= 4 is 62.9 Å². The van der Waals surface area contributed by atoms with E-state index in [1.807, 2.05) is 95.2 Å². The van der Waals surface area contributed by atoms with Crippen LogP contribution in [0.4, 0.5) is 22.2 Å². The summed E-state index contributed by atoms with van der Waals surface area (Å²) < 4.78 is 7.15. The second kappa shape index (κ2) is 13.8. The number of carbonyl (C=O) groups is 2. The van der Waals surface area contributed by atoms with Gasteiger partial charge in [0.25, 0.3) is 0 Å². The molecule has 5 aromatic rings. The number of nitrogens with zero attached hydrogens (tertiary/aromatic N) is 7. The van der Waals surface area contributed by atoms with Crippen LogP contribution in [-0.2, 0) is 9.53 Å². The quantitative estimate of drug-likeness (QED) is 0.174. The summed E-state index contributed by atoms with van der Waals surface area (Å²) in [4.78, 5) is 48.5. The first-order valence-electron chi connectivity index (χ1n) is 16.1. The van der Waals surface area contributed by atoms with E-state index in [1.165, 1.54) is 10.6 Å². The molecule has 2 aromatic carbocycles. The molecule has 0 bridgehead atoms. The minimum absolute atomic E-state index is 0.0370. The number of likely N-dealkylation sites (N-methyl/N-ethyl adjacent to an activating group) is 1. The summed E-state index contributed by atoms with van der Waals surface area (Å²) in [6.45, 7) is 9.48. The van der Waals surface area contributed by atoms with Crippen molar-refractivity contribution < 1.29 is 14.3 Å². The average molecular weight is 682 g/mol. The Morgan fingerprint density at radius 3 is 2.67 bits per heavy atom. The number of para-hydroxylation sites is 1. The number of fused-ring (bicyclic) bond motifs is 2. The molecule has 1 atom stereocenters. The maximum absolute atomic E-state index is 13.1. The monoisotopic (exact) mass is 681 g/mol. The van der Waals surface area contributed by atoms with E-state index >= 15 is 0 Å². The largest absolute Gasteiger partial charge is 0.443 e. The van der Waals surface area contributed by atoms with Gasteiger partial charge in [0.2, 0.25) is 11.9 Å². The van der Waals surface area contributed by atoms with Crippen LogP contribution in [0.25, 0.3) is 33.1 Å². The smallest absolute Gasteiger partial charge is 0.419 e. The van der Waals surface area contributed by atoms with Gasteiger partial charge in [0, 0.05) is 60.0 Å². The summed E-state index contributed by atoms with van der Waals surface area (Å²) in [5, 5.41) is 8.49. The zero-order valence-corrected chi connectivity index (χ0v) is 29.2. The van der Waals surface area contributed by atoms with Gasteiger partial charge >= 0.3 is 6.09 Å². The number of rotatable bonds is 8. The van der Waals surface area contributed by atoms with Crippen LogP contribution in [0.2, 0.25) is 5.02 Å². The number of nitrogens with one attached hydrogen (secondary N) is 2. The molecule has 1 amide bonds. The Kier molecular flexibility index (Phi) is 9.53. The van der Waals surface area contributed by atoms with E-state index in [0.29, 0.717) is 52.3 Å². The van der Waals surface area contributed by atoms with Gasteiger partial charge in [-0.1, -0.05) is 35.9 Å². The predicted octanol–water partition coefficient (Wildman–Crippen LogP) is 6.53. The molecule has 4 heterocycles. The summed E-state index contributed by atoms with van der Waals surface area (Å²) in [5.41, 5.74) is 2.68. The number of aromatic nitrogens is 5. The van der Waals surface area contributed by atoms with E-state index in [9.17, 15) is 9.59 Å². The lowest BCUT2D eigenvalue weighted by atomic mass is 10.1. The van der Waals surface area contributed by atoms with E-state index in [1.54, 1.807) is 12.4 Å². The zero-order chi connectivity index (χ0) is 34.9. The van der Waals surface area contributed by atoms with Gasteiger partial charge < -0.3 is 25.2 Å². The van der Waals surface area contributed by atoms with Crippen molar-refractivity contribution in [2.24, 2.45) is 0 Å². The molecule has 2 N–H and O–H groups in total. The highest BCUT2D eigenvalue weighted by molar-refractivity contribution is 6.33. The van der Waals surface area contributed by atoms with Crippen molar-refractivity contribution in [3.05, 3.63) is 77.9 Å². The number of halogens is 1. The number of aryl methyl sites for hydroxylation is 1. The molecule has 1 saturated heterocycles. The maximum atomic E-state index is 13.1. The van der Waals surface area contributed by atoms with Gasteiger partial charge in [-0.15, -0.1) is 0 Å². The van der Waals surface area contributed by atoms with E-state index in [-0.39, 0.29) is 11.9 Å². The molecule has 254 valence electrons. The number of benzene rings is 2. The fraction of sp³-hybridized carbons (Fsp3) is 0.333. The van der Waals surface area contributed by atoms with Gasteiger partial charge in [-0.25, -0.2) is 24.7 Å². The molecule has 0 saturated carbocycles. The van der Waals surface area contributed by atoms with Crippen LogP contribution in [-0.4, -0.2) is 86.8 Å². The molecular formula is C36H40ClN9O3. The first-order chi connectivity index (χ1) is 23.3. The molecule has 1 aliphatic rings. The summed E-state index contributed by atoms with van der Waals surface area (Å²) in [5.74, 6) is 1.72. The van der Waals surface area contributed by atoms with Gasteiger partial charge in [0.05, 0.1) is 27.9 Å². The third-order valence-corrected chi connectivity index (χ3v) is 8.19. The third-order valence-electron chi connectivity index (χ3n) is 7.92. The lowest BCUT2D eigenvalue weighted by Gasteiger charge is -2.20. The zero-order valence-electron chi connectivity index (χ0n) is 28.5. The Morgan fingerprint density at radius 1 is 1.10 bits per heavy atom. The highest BCUT2D eigenvalue weighted by atomic mass is 35.5. The van der Waals surface area contributed by atoms with Crippen LogP contribution in [0.3, 0.4) is 0 Å². The second-order valence-electron chi connectivity index (χ2n) is 13.4. The minimum Gasteiger partial charge on any atom is -0.443 e. The highest BCUT2D eigenvalue weighted by Gasteiger charge is 2.27. The summed E-state index contributed by atoms with van der Waals surface area (Å²) in [7, 11) is 3.89. The Bertz CT molecular complexity index is 2070. The van der Waals surface area contributed by atoms with Crippen LogP contribution >= 0.6 is 11.6 Å². The molecule has 0 unspecified atom stereocenters. The number of hydrogen-bond donors (Lipinski definition) is 2. The molecule has 12 nitrogen and oxygen atoms in total. The Labute approximate surface area is 290 Å². The molecule has 0 aliphatic carbocycles. The van der Waals surface area contributed by atoms with Crippen LogP contribution in [0.15, 0.2) is 67.0 Å². The lowest BCUT2D eigenvalue weighted by molar-refractivity contribution is -0.111. The van der Waals surface area contributed by atoms with Crippen LogP contribution < -0.4 is 15.5 Å². The van der Waals surface area contributed by atoms with Gasteiger partial charge in [0.15, 0.2) is 0 Å².